The van der Waals surface area contributed by atoms with E-state index in [2.05, 4.69) is 0 Å². The molecule has 0 radical (unpaired) electrons. The number of hydrogen-bond acceptors (Lipinski definition) is 5. The highest BCUT2D eigenvalue weighted by molar-refractivity contribution is 7.18. The number of halogens is 1. The van der Waals surface area contributed by atoms with Gasteiger partial charge in [-0.1, -0.05) is 41.4 Å². The van der Waals surface area contributed by atoms with Crippen LogP contribution in [-0.2, 0) is 9.53 Å². The summed E-state index contributed by atoms with van der Waals surface area (Å²) in [6.07, 6.45) is 0. The molecular weight excluding hydrogens is 364 g/mol. The van der Waals surface area contributed by atoms with Crippen molar-refractivity contribution in [3.63, 3.8) is 0 Å². The second-order valence-corrected chi connectivity index (χ2v) is 7.86. The van der Waals surface area contributed by atoms with Crippen molar-refractivity contribution in [3.8, 4) is 16.2 Å². The van der Waals surface area contributed by atoms with Crippen LogP contribution in [-0.4, -0.2) is 29.3 Å². The van der Waals surface area contributed by atoms with Gasteiger partial charge in [-0.25, -0.2) is 9.59 Å². The lowest BCUT2D eigenvalue weighted by Crippen LogP contribution is -2.23. The quantitative estimate of drug-likeness (QED) is 0.752. The number of esters is 1. The molecule has 1 aromatic heterocycles. The van der Waals surface area contributed by atoms with Crippen molar-refractivity contribution < 1.29 is 24.2 Å². The van der Waals surface area contributed by atoms with Crippen LogP contribution in [0.5, 0.6) is 5.75 Å². The molecule has 0 bridgehead atoms. The summed E-state index contributed by atoms with van der Waals surface area (Å²) in [5.41, 5.74) is 1.17. The molecule has 0 aliphatic rings. The molecule has 134 valence electrons. The molecular formula is C18H19ClO5S. The summed E-state index contributed by atoms with van der Waals surface area (Å²) in [4.78, 5) is 24.1. The number of carboxylic acid groups (broad SMARTS) is 1. The Bertz CT molecular complexity index is 804. The Morgan fingerprint density at radius 3 is 2.52 bits per heavy atom. The molecule has 25 heavy (non-hydrogen) atoms. The molecule has 0 aliphatic carbocycles. The van der Waals surface area contributed by atoms with Gasteiger partial charge in [0.2, 0.25) is 0 Å². The summed E-state index contributed by atoms with van der Waals surface area (Å²) in [7, 11) is 0. The largest absolute Gasteiger partial charge is 0.479 e. The van der Waals surface area contributed by atoms with Gasteiger partial charge in [0.25, 0.3) is 0 Å². The Balaban J connectivity index is 2.51. The lowest BCUT2D eigenvalue weighted by Gasteiger charge is -2.19. The van der Waals surface area contributed by atoms with E-state index in [1.54, 1.807) is 20.8 Å². The molecule has 5 nitrogen and oxygen atoms in total. The Labute approximate surface area is 155 Å². The molecule has 1 aromatic carbocycles. The molecule has 0 atom stereocenters. The number of hydrogen-bond donors (Lipinski definition) is 1. The van der Waals surface area contributed by atoms with Gasteiger partial charge < -0.3 is 14.6 Å². The first-order valence-corrected chi connectivity index (χ1v) is 8.75. The summed E-state index contributed by atoms with van der Waals surface area (Å²) < 4.78 is 10.7. The maximum absolute atomic E-state index is 12.5. The van der Waals surface area contributed by atoms with Crippen molar-refractivity contribution in [3.05, 3.63) is 39.7 Å². The number of benzene rings is 1. The van der Waals surface area contributed by atoms with Gasteiger partial charge in [0.1, 0.15) is 10.6 Å². The van der Waals surface area contributed by atoms with Crippen molar-refractivity contribution in [2.45, 2.75) is 33.3 Å². The van der Waals surface area contributed by atoms with Gasteiger partial charge in [-0.2, -0.15) is 0 Å². The fraction of sp³-hybridized carbons (Fsp3) is 0.333. The van der Waals surface area contributed by atoms with E-state index in [1.165, 1.54) is 0 Å². The highest BCUT2D eigenvalue weighted by atomic mass is 35.5. The SMILES string of the molecule is Cc1cccc(-c2sc(C(=O)OC(C)(C)C)c(OCC(=O)O)c2Cl)c1. The minimum Gasteiger partial charge on any atom is -0.479 e. The van der Waals surface area contributed by atoms with E-state index in [1.807, 2.05) is 31.2 Å². The zero-order valence-electron chi connectivity index (χ0n) is 14.4. The number of carbonyl (C=O) groups is 2. The van der Waals surface area contributed by atoms with Crippen molar-refractivity contribution in [2.24, 2.45) is 0 Å². The van der Waals surface area contributed by atoms with Crippen LogP contribution in [0.1, 0.15) is 36.0 Å². The second-order valence-electron chi connectivity index (χ2n) is 6.46. The highest BCUT2D eigenvalue weighted by Gasteiger charge is 2.28. The number of thiophene rings is 1. The van der Waals surface area contributed by atoms with E-state index in [0.29, 0.717) is 4.88 Å². The number of aliphatic carboxylic acids is 1. The number of rotatable bonds is 5. The summed E-state index contributed by atoms with van der Waals surface area (Å²) >= 11 is 7.52. The van der Waals surface area contributed by atoms with Crippen LogP contribution in [0.2, 0.25) is 5.02 Å². The summed E-state index contributed by atoms with van der Waals surface area (Å²) in [6.45, 7) is 6.60. The topological polar surface area (TPSA) is 72.8 Å². The molecule has 0 saturated carbocycles. The van der Waals surface area contributed by atoms with Crippen LogP contribution >= 0.6 is 22.9 Å². The molecule has 7 heteroatoms. The van der Waals surface area contributed by atoms with Crippen molar-refractivity contribution in [1.29, 1.82) is 0 Å². The van der Waals surface area contributed by atoms with Crippen LogP contribution in [0.25, 0.3) is 10.4 Å². The minimum absolute atomic E-state index is 0.0415. The van der Waals surface area contributed by atoms with Gasteiger partial charge in [0.05, 0.1) is 4.88 Å². The van der Waals surface area contributed by atoms with Gasteiger partial charge in [-0.05, 0) is 33.3 Å². The molecule has 0 saturated heterocycles. The fourth-order valence-electron chi connectivity index (χ4n) is 2.09. The van der Waals surface area contributed by atoms with Gasteiger partial charge in [-0.15, -0.1) is 11.3 Å². The minimum atomic E-state index is -1.16. The first-order chi connectivity index (χ1) is 11.6. The monoisotopic (exact) mass is 382 g/mol. The van der Waals surface area contributed by atoms with E-state index in [-0.39, 0.29) is 15.6 Å². The van der Waals surface area contributed by atoms with E-state index in [0.717, 1.165) is 22.5 Å². The molecule has 0 unspecified atom stereocenters. The van der Waals surface area contributed by atoms with Crippen molar-refractivity contribution in [1.82, 2.24) is 0 Å². The third-order valence-electron chi connectivity index (χ3n) is 3.01. The van der Waals surface area contributed by atoms with Gasteiger partial charge >= 0.3 is 11.9 Å². The Morgan fingerprint density at radius 2 is 1.96 bits per heavy atom. The van der Waals surface area contributed by atoms with Crippen LogP contribution < -0.4 is 4.74 Å². The first kappa shape index (κ1) is 19.3. The zero-order valence-corrected chi connectivity index (χ0v) is 16.0. The molecule has 0 amide bonds. The number of ether oxygens (including phenoxy) is 2. The number of carboxylic acids is 1. The summed E-state index contributed by atoms with van der Waals surface area (Å²) in [6, 6.07) is 7.62. The Hall–Kier alpha value is -2.05. The van der Waals surface area contributed by atoms with E-state index in [4.69, 9.17) is 26.2 Å². The molecule has 1 heterocycles. The third kappa shape index (κ3) is 4.96. The van der Waals surface area contributed by atoms with Crippen LogP contribution in [0.3, 0.4) is 0 Å². The predicted molar refractivity (Wildman–Crippen MR) is 97.8 cm³/mol. The van der Waals surface area contributed by atoms with E-state index in [9.17, 15) is 9.59 Å². The third-order valence-corrected chi connectivity index (χ3v) is 4.69. The van der Waals surface area contributed by atoms with E-state index >= 15 is 0 Å². The van der Waals surface area contributed by atoms with Crippen LogP contribution in [0.4, 0.5) is 0 Å². The zero-order chi connectivity index (χ0) is 18.8. The van der Waals surface area contributed by atoms with Gasteiger partial charge in [0.15, 0.2) is 17.2 Å². The lowest BCUT2D eigenvalue weighted by molar-refractivity contribution is -0.139. The van der Waals surface area contributed by atoms with Gasteiger partial charge in [-0.3, -0.25) is 0 Å². The molecule has 1 N–H and O–H groups in total. The first-order valence-electron chi connectivity index (χ1n) is 7.56. The molecule has 0 spiro atoms. The average molecular weight is 383 g/mol. The van der Waals surface area contributed by atoms with Crippen LogP contribution in [0.15, 0.2) is 24.3 Å². The number of aryl methyl sites for hydroxylation is 1. The average Bonchev–Trinajstić information content (AvgIpc) is 2.80. The standard InChI is InChI=1S/C18H19ClO5S/c1-10-6-5-7-11(8-10)15-13(19)14(23-9-12(20)21)16(25-15)17(22)24-18(2,3)4/h5-8H,9H2,1-4H3,(H,20,21). The summed E-state index contributed by atoms with van der Waals surface area (Å²) in [5, 5.41) is 9.07. The predicted octanol–water partition coefficient (Wildman–Crippen LogP) is 4.80. The molecule has 0 aliphatic heterocycles. The number of carbonyl (C=O) groups excluding carboxylic acids is 1. The lowest BCUT2D eigenvalue weighted by atomic mass is 10.1. The van der Waals surface area contributed by atoms with Crippen molar-refractivity contribution >= 4 is 34.9 Å². The summed E-state index contributed by atoms with van der Waals surface area (Å²) in [5.74, 6) is -1.71. The molecule has 2 rings (SSSR count). The maximum atomic E-state index is 12.5. The molecule has 2 aromatic rings. The maximum Gasteiger partial charge on any atom is 0.352 e. The Kier molecular flexibility index (Phi) is 5.75. The smallest absolute Gasteiger partial charge is 0.352 e. The molecule has 0 fully saturated rings. The van der Waals surface area contributed by atoms with Crippen molar-refractivity contribution in [2.75, 3.05) is 6.61 Å². The Morgan fingerprint density at radius 1 is 1.28 bits per heavy atom. The van der Waals surface area contributed by atoms with Gasteiger partial charge in [0, 0.05) is 0 Å². The van der Waals surface area contributed by atoms with Crippen LogP contribution in [0, 0.1) is 6.92 Å². The second kappa shape index (κ2) is 7.45. The fourth-order valence-corrected chi connectivity index (χ4v) is 3.53. The highest BCUT2D eigenvalue weighted by Crippen LogP contribution is 2.46. The van der Waals surface area contributed by atoms with E-state index < -0.39 is 24.1 Å². The normalized spacial score (nSPS) is 11.2.